The molecule has 0 aliphatic heterocycles. The van der Waals surface area contributed by atoms with Gasteiger partial charge < -0.3 is 5.73 Å². The minimum atomic E-state index is -3.67. The van der Waals surface area contributed by atoms with Crippen LogP contribution in [0.5, 0.6) is 0 Å². The minimum absolute atomic E-state index is 0.163. The predicted molar refractivity (Wildman–Crippen MR) is 94.5 cm³/mol. The molecule has 0 spiro atoms. The van der Waals surface area contributed by atoms with E-state index in [9.17, 15) is 8.42 Å². The van der Waals surface area contributed by atoms with Gasteiger partial charge in [0.1, 0.15) is 4.21 Å². The van der Waals surface area contributed by atoms with Crippen molar-refractivity contribution in [3.05, 3.63) is 14.9 Å². The molecular weight excluding hydrogens is 416 g/mol. The SMILES string of the molecule is NC(=S)C(NS(=O)(=O)c1cc(Cl)c(Br)s1)C1CCCCC1. The second-order valence-electron chi connectivity index (χ2n) is 5.09. The summed E-state index contributed by atoms with van der Waals surface area (Å²) in [7, 11) is -3.67. The smallest absolute Gasteiger partial charge is 0.250 e. The highest BCUT2D eigenvalue weighted by molar-refractivity contribution is 9.11. The molecule has 2 rings (SSSR count). The average Bonchev–Trinajstić information content (AvgIpc) is 2.78. The molecule has 9 heteroatoms. The number of sulfonamides is 1. The van der Waals surface area contributed by atoms with Crippen LogP contribution in [0.25, 0.3) is 0 Å². The van der Waals surface area contributed by atoms with Crippen LogP contribution in [0.15, 0.2) is 14.1 Å². The van der Waals surface area contributed by atoms with Crippen molar-refractivity contribution in [2.24, 2.45) is 11.7 Å². The largest absolute Gasteiger partial charge is 0.392 e. The van der Waals surface area contributed by atoms with Crippen molar-refractivity contribution in [3.8, 4) is 0 Å². The van der Waals surface area contributed by atoms with Crippen molar-refractivity contribution < 1.29 is 8.42 Å². The summed E-state index contributed by atoms with van der Waals surface area (Å²) in [6.07, 6.45) is 5.24. The first-order valence-corrected chi connectivity index (χ1v) is 10.5. The molecular formula is C12H16BrClN2O2S3. The molecule has 1 fully saturated rings. The zero-order valence-corrected chi connectivity index (χ0v) is 15.9. The van der Waals surface area contributed by atoms with Gasteiger partial charge in [-0.05, 0) is 40.8 Å². The van der Waals surface area contributed by atoms with E-state index in [0.29, 0.717) is 8.81 Å². The van der Waals surface area contributed by atoms with Gasteiger partial charge in [-0.25, -0.2) is 13.1 Å². The molecule has 0 radical (unpaired) electrons. The molecule has 1 aromatic rings. The van der Waals surface area contributed by atoms with E-state index in [1.54, 1.807) is 0 Å². The molecule has 118 valence electrons. The average molecular weight is 432 g/mol. The van der Waals surface area contributed by atoms with Crippen LogP contribution >= 0.6 is 51.1 Å². The van der Waals surface area contributed by atoms with Gasteiger partial charge in [-0.15, -0.1) is 11.3 Å². The van der Waals surface area contributed by atoms with Gasteiger partial charge in [0.15, 0.2) is 0 Å². The lowest BCUT2D eigenvalue weighted by Crippen LogP contribution is -2.48. The lowest BCUT2D eigenvalue weighted by molar-refractivity contribution is 0.330. The number of thiophene rings is 1. The third kappa shape index (κ3) is 4.39. The molecule has 1 aromatic heterocycles. The van der Waals surface area contributed by atoms with E-state index in [-0.39, 0.29) is 15.1 Å². The van der Waals surface area contributed by atoms with Crippen LogP contribution in [0, 0.1) is 5.92 Å². The summed E-state index contributed by atoms with van der Waals surface area (Å²) in [5, 5.41) is 0.380. The number of halogens is 2. The van der Waals surface area contributed by atoms with E-state index in [4.69, 9.17) is 29.6 Å². The molecule has 1 saturated carbocycles. The molecule has 1 heterocycles. The minimum Gasteiger partial charge on any atom is -0.392 e. The van der Waals surface area contributed by atoms with Crippen molar-refractivity contribution in [3.63, 3.8) is 0 Å². The lowest BCUT2D eigenvalue weighted by atomic mass is 9.84. The molecule has 1 unspecified atom stereocenters. The fourth-order valence-electron chi connectivity index (χ4n) is 2.54. The van der Waals surface area contributed by atoms with Crippen molar-refractivity contribution in [1.82, 2.24) is 4.72 Å². The highest BCUT2D eigenvalue weighted by Crippen LogP contribution is 2.35. The summed E-state index contributed by atoms with van der Waals surface area (Å²) in [6, 6.07) is 0.931. The third-order valence-electron chi connectivity index (χ3n) is 3.60. The standard InChI is InChI=1S/C12H16BrClN2O2S3/c13-11-8(14)6-9(20-11)21(17,18)16-10(12(15)19)7-4-2-1-3-5-7/h6-7,10,16H,1-5H2,(H2,15,19). The maximum atomic E-state index is 12.5. The number of hydrogen-bond donors (Lipinski definition) is 2. The zero-order valence-electron chi connectivity index (χ0n) is 11.1. The first-order chi connectivity index (χ1) is 9.81. The van der Waals surface area contributed by atoms with E-state index in [1.807, 2.05) is 0 Å². The summed E-state index contributed by atoms with van der Waals surface area (Å²) in [4.78, 5) is 0.201. The molecule has 1 atom stereocenters. The van der Waals surface area contributed by atoms with Crippen LogP contribution < -0.4 is 10.5 Å². The van der Waals surface area contributed by atoms with Gasteiger partial charge >= 0.3 is 0 Å². The number of thiocarbonyl (C=S) groups is 1. The summed E-state index contributed by atoms with van der Waals surface area (Å²) in [5.74, 6) is 0.171. The Bertz CT molecular complexity index is 607. The highest BCUT2D eigenvalue weighted by Gasteiger charge is 2.31. The number of nitrogens with two attached hydrogens (primary N) is 1. The molecule has 4 nitrogen and oxygen atoms in total. The molecule has 0 bridgehead atoms. The van der Waals surface area contributed by atoms with E-state index in [2.05, 4.69) is 20.7 Å². The Morgan fingerprint density at radius 1 is 1.48 bits per heavy atom. The van der Waals surface area contributed by atoms with Crippen LogP contribution in [-0.4, -0.2) is 19.4 Å². The van der Waals surface area contributed by atoms with E-state index in [0.717, 1.165) is 37.0 Å². The van der Waals surface area contributed by atoms with Crippen molar-refractivity contribution in [2.75, 3.05) is 0 Å². The van der Waals surface area contributed by atoms with E-state index in [1.165, 1.54) is 12.5 Å². The van der Waals surface area contributed by atoms with Gasteiger partial charge in [-0.1, -0.05) is 43.1 Å². The Balaban J connectivity index is 2.20. The fourth-order valence-corrected chi connectivity index (χ4v) is 6.56. The highest BCUT2D eigenvalue weighted by atomic mass is 79.9. The first-order valence-electron chi connectivity index (χ1n) is 6.58. The second kappa shape index (κ2) is 7.23. The molecule has 0 amide bonds. The molecule has 0 saturated heterocycles. The second-order valence-corrected chi connectivity index (χ2v) is 10.3. The van der Waals surface area contributed by atoms with Gasteiger partial charge in [0.05, 0.1) is 19.8 Å². The summed E-state index contributed by atoms with van der Waals surface area (Å²) in [5.41, 5.74) is 5.76. The summed E-state index contributed by atoms with van der Waals surface area (Å²) in [6.45, 7) is 0. The van der Waals surface area contributed by atoms with Crippen LogP contribution in [-0.2, 0) is 10.0 Å². The third-order valence-corrected chi connectivity index (χ3v) is 8.24. The fraction of sp³-hybridized carbons (Fsp3) is 0.583. The summed E-state index contributed by atoms with van der Waals surface area (Å²) < 4.78 is 28.3. The van der Waals surface area contributed by atoms with Gasteiger partial charge in [0.25, 0.3) is 10.0 Å². The van der Waals surface area contributed by atoms with Crippen molar-refractivity contribution >= 4 is 66.1 Å². The Hall–Kier alpha value is 0.270. The zero-order chi connectivity index (χ0) is 15.6. The molecule has 1 aliphatic rings. The van der Waals surface area contributed by atoms with E-state index >= 15 is 0 Å². The number of nitrogens with one attached hydrogen (secondary N) is 1. The predicted octanol–water partition coefficient (Wildman–Crippen LogP) is 3.68. The summed E-state index contributed by atoms with van der Waals surface area (Å²) >= 11 is 15.3. The van der Waals surface area contributed by atoms with Crippen molar-refractivity contribution in [2.45, 2.75) is 42.4 Å². The van der Waals surface area contributed by atoms with Crippen LogP contribution in [0.1, 0.15) is 32.1 Å². The molecule has 0 aromatic carbocycles. The van der Waals surface area contributed by atoms with Crippen LogP contribution in [0.4, 0.5) is 0 Å². The monoisotopic (exact) mass is 430 g/mol. The normalized spacial score (nSPS) is 18.6. The quantitative estimate of drug-likeness (QED) is 0.698. The Morgan fingerprint density at radius 2 is 2.10 bits per heavy atom. The van der Waals surface area contributed by atoms with E-state index < -0.39 is 16.1 Å². The van der Waals surface area contributed by atoms with Crippen LogP contribution in [0.2, 0.25) is 5.02 Å². The maximum Gasteiger partial charge on any atom is 0.250 e. The lowest BCUT2D eigenvalue weighted by Gasteiger charge is -2.29. The van der Waals surface area contributed by atoms with Gasteiger partial charge in [0, 0.05) is 0 Å². The Labute approximate surface area is 147 Å². The van der Waals surface area contributed by atoms with Crippen molar-refractivity contribution in [1.29, 1.82) is 0 Å². The topological polar surface area (TPSA) is 72.2 Å². The Kier molecular flexibility index (Phi) is 6.07. The first kappa shape index (κ1) is 17.6. The molecule has 3 N–H and O–H groups in total. The van der Waals surface area contributed by atoms with Crippen LogP contribution in [0.3, 0.4) is 0 Å². The number of hydrogen-bond acceptors (Lipinski definition) is 4. The maximum absolute atomic E-state index is 12.5. The Morgan fingerprint density at radius 3 is 2.57 bits per heavy atom. The van der Waals surface area contributed by atoms with Gasteiger partial charge in [-0.3, -0.25) is 0 Å². The van der Waals surface area contributed by atoms with Gasteiger partial charge in [-0.2, -0.15) is 0 Å². The van der Waals surface area contributed by atoms with Gasteiger partial charge in [0.2, 0.25) is 0 Å². The molecule has 21 heavy (non-hydrogen) atoms. The number of rotatable bonds is 5. The molecule has 1 aliphatic carbocycles.